The summed E-state index contributed by atoms with van der Waals surface area (Å²) in [7, 11) is 5.47. The lowest BCUT2D eigenvalue weighted by atomic mass is 9.77. The molecule has 0 amide bonds. The Balaban J connectivity index is 1.56. The molecule has 5 aliphatic rings. The number of rotatable bonds is 9. The second-order valence-electron chi connectivity index (χ2n) is 17.2. The van der Waals surface area contributed by atoms with Gasteiger partial charge in [-0.25, -0.2) is 0 Å². The molecule has 2 N–H and O–H groups in total. The summed E-state index contributed by atoms with van der Waals surface area (Å²) in [5.41, 5.74) is -2.39. The molecule has 50 heavy (non-hydrogen) atoms. The lowest BCUT2D eigenvalue weighted by Gasteiger charge is -2.48. The minimum Gasteiger partial charge on any atom is -0.459 e. The maximum Gasteiger partial charge on any atom is 0.311 e. The number of cyclic esters (lactones) is 1. The van der Waals surface area contributed by atoms with E-state index in [1.54, 1.807) is 14.0 Å². The fourth-order valence-corrected chi connectivity index (χ4v) is 9.72. The Morgan fingerprint density at radius 3 is 2.24 bits per heavy atom. The highest BCUT2D eigenvalue weighted by atomic mass is 16.7. The number of likely N-dealkylation sites (N-methyl/N-ethyl adjacent to an activating group) is 1. The van der Waals surface area contributed by atoms with Crippen molar-refractivity contribution in [2.75, 3.05) is 21.2 Å². The molecular weight excluding hydrogens is 646 g/mol. The number of aliphatic hydroxyl groups is 2. The smallest absolute Gasteiger partial charge is 0.311 e. The van der Waals surface area contributed by atoms with Crippen LogP contribution in [0.3, 0.4) is 0 Å². The molecule has 0 aromatic heterocycles. The Hall–Kier alpha value is -0.930. The molecule has 0 aromatic rings. The predicted molar refractivity (Wildman–Crippen MR) is 185 cm³/mol. The van der Waals surface area contributed by atoms with E-state index in [9.17, 15) is 15.0 Å². The van der Waals surface area contributed by atoms with Crippen molar-refractivity contribution in [1.29, 1.82) is 0 Å². The van der Waals surface area contributed by atoms with Gasteiger partial charge in [-0.1, -0.05) is 34.1 Å². The summed E-state index contributed by atoms with van der Waals surface area (Å²) in [5, 5.41) is 22.5. The molecule has 0 aromatic carbocycles. The van der Waals surface area contributed by atoms with Gasteiger partial charge in [0.15, 0.2) is 12.6 Å². The van der Waals surface area contributed by atoms with Crippen molar-refractivity contribution in [2.24, 2.45) is 23.7 Å². The van der Waals surface area contributed by atoms with Crippen molar-refractivity contribution in [1.82, 2.24) is 4.90 Å². The summed E-state index contributed by atoms with van der Waals surface area (Å²) >= 11 is 0. The zero-order chi connectivity index (χ0) is 37.1. The van der Waals surface area contributed by atoms with Gasteiger partial charge in [0, 0.05) is 31.4 Å². The van der Waals surface area contributed by atoms with Gasteiger partial charge in [0.2, 0.25) is 0 Å². The van der Waals surface area contributed by atoms with Crippen LogP contribution in [0, 0.1) is 23.7 Å². The molecule has 5 saturated heterocycles. The van der Waals surface area contributed by atoms with Crippen LogP contribution in [0.15, 0.2) is 0 Å². The minimum absolute atomic E-state index is 0.00910. The van der Waals surface area contributed by atoms with E-state index < -0.39 is 83.8 Å². The third kappa shape index (κ3) is 7.54. The summed E-state index contributed by atoms with van der Waals surface area (Å²) in [6.07, 6.45) is -3.04. The van der Waals surface area contributed by atoms with Crippen LogP contribution < -0.4 is 0 Å². The Morgan fingerprint density at radius 1 is 0.940 bits per heavy atom. The van der Waals surface area contributed by atoms with E-state index in [-0.39, 0.29) is 42.6 Å². The molecule has 19 atom stereocenters. The maximum atomic E-state index is 14.4. The second kappa shape index (κ2) is 15.1. The average Bonchev–Trinajstić information content (AvgIpc) is 3.60. The van der Waals surface area contributed by atoms with Crippen molar-refractivity contribution < 1.29 is 52.9 Å². The molecule has 0 aliphatic carbocycles. The number of ether oxygens (including phenoxy) is 8. The predicted octanol–water partition coefficient (Wildman–Crippen LogP) is 4.06. The first-order valence-electron chi connectivity index (χ1n) is 19.1. The summed E-state index contributed by atoms with van der Waals surface area (Å²) in [4.78, 5) is 16.4. The molecule has 5 rings (SSSR count). The van der Waals surface area contributed by atoms with Crippen LogP contribution in [0.2, 0.25) is 0 Å². The lowest BCUT2D eigenvalue weighted by Crippen LogP contribution is -2.60. The Kier molecular flexibility index (Phi) is 12.1. The van der Waals surface area contributed by atoms with Crippen LogP contribution in [-0.4, -0.2) is 133 Å². The monoisotopic (exact) mass is 713 g/mol. The molecular formula is C38H67NO11. The summed E-state index contributed by atoms with van der Waals surface area (Å²) < 4.78 is 52.1. The second-order valence-corrected chi connectivity index (χ2v) is 17.2. The van der Waals surface area contributed by atoms with Gasteiger partial charge in [0.1, 0.15) is 23.9 Å². The summed E-state index contributed by atoms with van der Waals surface area (Å²) in [6, 6.07) is -0.168. The number of aliphatic hydroxyl groups excluding tert-OH is 2. The largest absolute Gasteiger partial charge is 0.459 e. The quantitative estimate of drug-likeness (QED) is 0.263. The van der Waals surface area contributed by atoms with Gasteiger partial charge in [-0.2, -0.15) is 0 Å². The number of hydrogen-bond donors (Lipinski definition) is 2. The van der Waals surface area contributed by atoms with Crippen molar-refractivity contribution in [3.8, 4) is 0 Å². The Bertz CT molecular complexity index is 1180. The van der Waals surface area contributed by atoms with Crippen molar-refractivity contribution >= 4 is 5.97 Å². The van der Waals surface area contributed by atoms with Gasteiger partial charge >= 0.3 is 5.97 Å². The molecule has 9 unspecified atom stereocenters. The van der Waals surface area contributed by atoms with Gasteiger partial charge < -0.3 is 53.0 Å². The van der Waals surface area contributed by atoms with Gasteiger partial charge in [-0.3, -0.25) is 4.79 Å². The maximum absolute atomic E-state index is 14.4. The molecule has 12 heteroatoms. The molecule has 5 heterocycles. The number of epoxide rings is 1. The number of hydrogen-bond acceptors (Lipinski definition) is 12. The van der Waals surface area contributed by atoms with Crippen molar-refractivity contribution in [3.63, 3.8) is 0 Å². The zero-order valence-electron chi connectivity index (χ0n) is 32.8. The van der Waals surface area contributed by atoms with Gasteiger partial charge in [-0.05, 0) is 80.8 Å². The van der Waals surface area contributed by atoms with E-state index >= 15 is 0 Å². The number of fused-ring (bicyclic) bond motifs is 2. The van der Waals surface area contributed by atoms with Crippen molar-refractivity contribution in [3.05, 3.63) is 0 Å². The normalized spacial score (nSPS) is 53.2. The third-order valence-electron chi connectivity index (χ3n) is 12.8. The standard InChI is InChI=1S/C38H67NO11/c1-14-15-26-38(10,49-26)33-21(4)29-19(2)17-37(9,50-29)32(48-35-28(40)25(39(11)12)16-20(3)44-35)22(5)30(23(6)34(42)47-33)46-27-18-36(8,43-13)31(41)24(7)45-27/h19-33,35,40-41H,14-18H2,1-13H3/t19-,20?,21+,22+,23-,24?,25?,26+,27?,28?,29-,30+,31?,32-,33-,35?,36?,37-,38?/m1/s1. The summed E-state index contributed by atoms with van der Waals surface area (Å²) in [5.74, 6) is -1.68. The van der Waals surface area contributed by atoms with Crippen LogP contribution in [0.5, 0.6) is 0 Å². The van der Waals surface area contributed by atoms with E-state index in [1.807, 2.05) is 53.6 Å². The van der Waals surface area contributed by atoms with E-state index in [0.29, 0.717) is 12.8 Å². The fourth-order valence-electron chi connectivity index (χ4n) is 9.72. The number of methoxy groups -OCH3 is 1. The van der Waals surface area contributed by atoms with E-state index in [4.69, 9.17) is 37.9 Å². The third-order valence-corrected chi connectivity index (χ3v) is 12.8. The van der Waals surface area contributed by atoms with E-state index in [2.05, 4.69) is 27.7 Å². The highest BCUT2D eigenvalue weighted by Gasteiger charge is 2.64. The Labute approximate surface area is 300 Å². The van der Waals surface area contributed by atoms with Gasteiger partial charge in [0.25, 0.3) is 0 Å². The molecule has 5 aliphatic heterocycles. The lowest BCUT2D eigenvalue weighted by molar-refractivity contribution is -0.318. The molecule has 2 bridgehead atoms. The SMILES string of the molecule is CCC[C@@H]1OC1(C)[C@@H]1OC(=O)[C@H](C)[C@@H](OC2CC(C)(OC)C(O)C(C)O2)[C@H](C)[C@@H](OC2OC(C)CC(N(C)C)C2O)[C@@]2(C)C[C@@H](C)[C@@H](O2)[C@@H]1C. The number of carbonyl (C=O) groups is 1. The van der Waals surface area contributed by atoms with Crippen LogP contribution in [0.25, 0.3) is 0 Å². The first-order valence-corrected chi connectivity index (χ1v) is 19.1. The van der Waals surface area contributed by atoms with Gasteiger partial charge in [-0.15, -0.1) is 0 Å². The highest BCUT2D eigenvalue weighted by molar-refractivity contribution is 5.73. The minimum atomic E-state index is -0.932. The molecule has 0 spiro atoms. The molecule has 0 saturated carbocycles. The summed E-state index contributed by atoms with van der Waals surface area (Å²) in [6.45, 7) is 20.0. The van der Waals surface area contributed by atoms with Crippen LogP contribution in [0.1, 0.15) is 101 Å². The van der Waals surface area contributed by atoms with Crippen LogP contribution in [0.4, 0.5) is 0 Å². The van der Waals surface area contributed by atoms with Crippen LogP contribution >= 0.6 is 0 Å². The molecule has 290 valence electrons. The van der Waals surface area contributed by atoms with Crippen LogP contribution in [-0.2, 0) is 42.7 Å². The Morgan fingerprint density at radius 2 is 1.62 bits per heavy atom. The number of esters is 1. The molecule has 5 fully saturated rings. The van der Waals surface area contributed by atoms with E-state index in [1.165, 1.54) is 0 Å². The fraction of sp³-hybridized carbons (Fsp3) is 0.974. The first kappa shape index (κ1) is 40.3. The first-order chi connectivity index (χ1) is 23.3. The highest BCUT2D eigenvalue weighted by Crippen LogP contribution is 2.52. The molecule has 12 nitrogen and oxygen atoms in total. The topological polar surface area (TPSA) is 138 Å². The molecule has 0 radical (unpaired) electrons. The number of nitrogens with zero attached hydrogens (tertiary/aromatic N) is 1. The van der Waals surface area contributed by atoms with E-state index in [0.717, 1.165) is 12.8 Å². The number of carbonyl (C=O) groups excluding carboxylic acids is 1. The average molecular weight is 714 g/mol. The van der Waals surface area contributed by atoms with Crippen molar-refractivity contribution in [2.45, 2.75) is 192 Å². The van der Waals surface area contributed by atoms with Gasteiger partial charge in [0.05, 0.1) is 53.7 Å². The zero-order valence-corrected chi connectivity index (χ0v) is 32.8.